The van der Waals surface area contributed by atoms with E-state index < -0.39 is 5.89 Å². The molecule has 2 rings (SSSR count). The van der Waals surface area contributed by atoms with Crippen molar-refractivity contribution in [2.24, 2.45) is 0 Å². The SMILES string of the molecule is [2H]C(C)(C)c1cc([C@H](CCN(C(C)C)C(C)CC)c2cccc(C)c2C)c(O)cc1C. The Kier molecular flexibility index (Phi) is 7.99. The number of rotatable bonds is 9. The number of benzene rings is 2. The van der Waals surface area contributed by atoms with Crippen molar-refractivity contribution in [1.82, 2.24) is 4.90 Å². The van der Waals surface area contributed by atoms with Crippen LogP contribution in [0.5, 0.6) is 5.75 Å². The van der Waals surface area contributed by atoms with Crippen LogP contribution in [0.2, 0.25) is 0 Å². The summed E-state index contributed by atoms with van der Waals surface area (Å²) in [4.78, 5) is 2.57. The molecule has 0 saturated heterocycles. The van der Waals surface area contributed by atoms with Gasteiger partial charge in [0, 0.05) is 24.9 Å². The van der Waals surface area contributed by atoms with Gasteiger partial charge in [0.1, 0.15) is 5.75 Å². The molecule has 0 aliphatic carbocycles. The van der Waals surface area contributed by atoms with Crippen LogP contribution in [-0.2, 0) is 0 Å². The van der Waals surface area contributed by atoms with Crippen LogP contribution in [0.15, 0.2) is 30.3 Å². The lowest BCUT2D eigenvalue weighted by molar-refractivity contribution is 0.156. The highest BCUT2D eigenvalue weighted by Crippen LogP contribution is 2.39. The van der Waals surface area contributed by atoms with Crippen molar-refractivity contribution >= 4 is 0 Å². The monoisotopic (exact) mass is 410 g/mol. The second-order valence-electron chi connectivity index (χ2n) is 9.45. The second kappa shape index (κ2) is 10.5. The molecular formula is C28H43NO. The van der Waals surface area contributed by atoms with E-state index in [2.05, 4.69) is 70.7 Å². The van der Waals surface area contributed by atoms with Crippen molar-refractivity contribution < 1.29 is 6.48 Å². The fourth-order valence-electron chi connectivity index (χ4n) is 4.66. The highest BCUT2D eigenvalue weighted by molar-refractivity contribution is 5.50. The average Bonchev–Trinajstić information content (AvgIpc) is 2.67. The molecule has 0 spiro atoms. The third-order valence-electron chi connectivity index (χ3n) is 6.81. The van der Waals surface area contributed by atoms with E-state index in [0.717, 1.165) is 36.1 Å². The van der Waals surface area contributed by atoms with Crippen molar-refractivity contribution in [1.29, 1.82) is 0 Å². The molecule has 0 aromatic heterocycles. The van der Waals surface area contributed by atoms with E-state index in [-0.39, 0.29) is 5.92 Å². The molecule has 2 heteroatoms. The van der Waals surface area contributed by atoms with Crippen molar-refractivity contribution in [3.63, 3.8) is 0 Å². The molecule has 0 bridgehead atoms. The number of aromatic hydroxyl groups is 1. The molecule has 0 heterocycles. The second-order valence-corrected chi connectivity index (χ2v) is 9.45. The standard InChI is InChI=1S/C28H43NO/c1-10-22(8)29(19(4)5)15-14-25(24-13-11-12-20(6)23(24)9)27-17-26(18(2)3)21(7)16-28(27)30/h11-13,16-19,22,25,30H,10,14-15H2,1-9H3/t22?,25-/m1/s1/i18D. The molecule has 0 radical (unpaired) electrons. The summed E-state index contributed by atoms with van der Waals surface area (Å²) in [5.41, 5.74) is 6.75. The Morgan fingerprint density at radius 3 is 2.17 bits per heavy atom. The fraction of sp³-hybridized carbons (Fsp3) is 0.571. The Balaban J connectivity index is 2.60. The van der Waals surface area contributed by atoms with E-state index in [1.807, 2.05) is 26.8 Å². The van der Waals surface area contributed by atoms with E-state index >= 15 is 0 Å². The van der Waals surface area contributed by atoms with Gasteiger partial charge >= 0.3 is 0 Å². The summed E-state index contributed by atoms with van der Waals surface area (Å²) >= 11 is 0. The van der Waals surface area contributed by atoms with Gasteiger partial charge < -0.3 is 5.11 Å². The average molecular weight is 411 g/mol. The van der Waals surface area contributed by atoms with E-state index in [1.165, 1.54) is 16.7 Å². The highest BCUT2D eigenvalue weighted by Gasteiger charge is 2.24. The van der Waals surface area contributed by atoms with Gasteiger partial charge in [0.15, 0.2) is 0 Å². The largest absolute Gasteiger partial charge is 0.508 e. The van der Waals surface area contributed by atoms with Crippen LogP contribution in [-0.4, -0.2) is 28.6 Å². The molecule has 0 saturated carbocycles. The first kappa shape index (κ1) is 22.9. The van der Waals surface area contributed by atoms with Crippen LogP contribution >= 0.6 is 0 Å². The fourth-order valence-corrected chi connectivity index (χ4v) is 4.66. The van der Waals surface area contributed by atoms with Gasteiger partial charge in [0.05, 0.1) is 0 Å². The number of phenols is 1. The third-order valence-corrected chi connectivity index (χ3v) is 6.81. The van der Waals surface area contributed by atoms with Crippen LogP contribution < -0.4 is 0 Å². The Labute approximate surface area is 186 Å². The minimum atomic E-state index is -0.709. The number of hydrogen-bond donors (Lipinski definition) is 1. The van der Waals surface area contributed by atoms with Crippen molar-refractivity contribution in [3.8, 4) is 5.75 Å². The summed E-state index contributed by atoms with van der Waals surface area (Å²) in [6.45, 7) is 20.2. The molecule has 2 aromatic rings. The van der Waals surface area contributed by atoms with Gasteiger partial charge in [-0.05, 0) is 101 Å². The lowest BCUT2D eigenvalue weighted by Gasteiger charge is -2.34. The quantitative estimate of drug-likeness (QED) is 0.463. The summed E-state index contributed by atoms with van der Waals surface area (Å²) in [6.07, 6.45) is 2.06. The molecule has 1 unspecified atom stereocenters. The van der Waals surface area contributed by atoms with Gasteiger partial charge in [-0.1, -0.05) is 45.0 Å². The minimum Gasteiger partial charge on any atom is -0.508 e. The van der Waals surface area contributed by atoms with Crippen LogP contribution in [0.25, 0.3) is 0 Å². The van der Waals surface area contributed by atoms with E-state index in [9.17, 15) is 5.11 Å². The van der Waals surface area contributed by atoms with Gasteiger partial charge in [-0.15, -0.1) is 0 Å². The smallest absolute Gasteiger partial charge is 0.119 e. The van der Waals surface area contributed by atoms with Crippen LogP contribution in [0.4, 0.5) is 0 Å². The molecule has 2 aromatic carbocycles. The van der Waals surface area contributed by atoms with Gasteiger partial charge in [-0.3, -0.25) is 4.90 Å². The van der Waals surface area contributed by atoms with Crippen molar-refractivity contribution in [3.05, 3.63) is 63.7 Å². The minimum absolute atomic E-state index is 0.0897. The number of nitrogens with zero attached hydrogens (tertiary/aromatic N) is 1. The first-order valence-corrected chi connectivity index (χ1v) is 11.5. The lowest BCUT2D eigenvalue weighted by atomic mass is 9.82. The van der Waals surface area contributed by atoms with E-state index in [0.29, 0.717) is 17.8 Å². The molecule has 166 valence electrons. The molecule has 1 N–H and O–H groups in total. The van der Waals surface area contributed by atoms with Gasteiger partial charge in [0.2, 0.25) is 0 Å². The molecule has 0 fully saturated rings. The predicted molar refractivity (Wildman–Crippen MR) is 131 cm³/mol. The predicted octanol–water partition coefficient (Wildman–Crippen LogP) is 7.47. The number of phenolic OH excluding ortho intramolecular Hbond substituents is 1. The zero-order valence-corrected chi connectivity index (χ0v) is 20.6. The van der Waals surface area contributed by atoms with Crippen molar-refractivity contribution in [2.75, 3.05) is 6.54 Å². The molecular weight excluding hydrogens is 366 g/mol. The topological polar surface area (TPSA) is 23.5 Å². The van der Waals surface area contributed by atoms with Crippen LogP contribution in [0.3, 0.4) is 0 Å². The Hall–Kier alpha value is -1.80. The third kappa shape index (κ3) is 5.46. The molecule has 2 nitrogen and oxygen atoms in total. The normalized spacial score (nSPS) is 14.8. The summed E-state index contributed by atoms with van der Waals surface area (Å²) < 4.78 is 8.62. The number of hydrogen-bond acceptors (Lipinski definition) is 2. The summed E-state index contributed by atoms with van der Waals surface area (Å²) in [5.74, 6) is -0.276. The van der Waals surface area contributed by atoms with E-state index in [4.69, 9.17) is 1.37 Å². The zero-order valence-electron chi connectivity index (χ0n) is 21.6. The van der Waals surface area contributed by atoms with Gasteiger partial charge in [-0.2, -0.15) is 0 Å². The van der Waals surface area contributed by atoms with Gasteiger partial charge in [0.25, 0.3) is 0 Å². The molecule has 2 atom stereocenters. The number of aryl methyl sites for hydroxylation is 2. The Morgan fingerprint density at radius 2 is 1.60 bits per heavy atom. The van der Waals surface area contributed by atoms with E-state index in [1.54, 1.807) is 0 Å². The molecule has 0 amide bonds. The van der Waals surface area contributed by atoms with Crippen LogP contribution in [0.1, 0.15) is 101 Å². The summed E-state index contributed by atoms with van der Waals surface area (Å²) in [6, 6.07) is 11.4. The maximum absolute atomic E-state index is 11.0. The van der Waals surface area contributed by atoms with Gasteiger partial charge in [-0.25, -0.2) is 0 Å². The Morgan fingerprint density at radius 1 is 0.933 bits per heavy atom. The molecule has 30 heavy (non-hydrogen) atoms. The lowest BCUT2D eigenvalue weighted by Crippen LogP contribution is -2.39. The maximum Gasteiger partial charge on any atom is 0.119 e. The van der Waals surface area contributed by atoms with Crippen LogP contribution in [0, 0.1) is 20.8 Å². The van der Waals surface area contributed by atoms with Crippen molar-refractivity contribution in [2.45, 2.75) is 99.1 Å². The first-order chi connectivity index (χ1) is 14.4. The first-order valence-electron chi connectivity index (χ1n) is 12.0. The Bertz CT molecular complexity index is 881. The highest BCUT2D eigenvalue weighted by atomic mass is 16.3. The zero-order chi connectivity index (χ0) is 23.5. The maximum atomic E-state index is 11.0. The summed E-state index contributed by atoms with van der Waals surface area (Å²) in [7, 11) is 0. The molecule has 0 aliphatic rings. The molecule has 0 aliphatic heterocycles. The summed E-state index contributed by atoms with van der Waals surface area (Å²) in [5, 5.41) is 11.0.